The molecule has 176 valence electrons. The zero-order chi connectivity index (χ0) is 23.9. The number of hydrogen-bond donors (Lipinski definition) is 0. The van der Waals surface area contributed by atoms with Crippen molar-refractivity contribution in [1.82, 2.24) is 4.90 Å². The molecule has 0 N–H and O–H groups in total. The maximum atomic E-state index is 13.2. The first-order valence-corrected chi connectivity index (χ1v) is 12.2. The van der Waals surface area contributed by atoms with E-state index in [1.54, 1.807) is 18.4 Å². The summed E-state index contributed by atoms with van der Waals surface area (Å²) in [6.45, 7) is 3.92. The summed E-state index contributed by atoms with van der Waals surface area (Å²) < 4.78 is 17.5. The highest BCUT2D eigenvalue weighted by molar-refractivity contribution is 7.15. The standard InChI is InChI=1S/C28H29NO4S/c1-4-5-15-32-25-18-22(26-12-10-20(2)34-26)17-23-19-29(14-16-33-28(23)25)27(30)13-11-21-8-6-7-9-24(21)31-3/h1,6-10,12,17-18H,5,11,13-16,19H2,2-3H3. The minimum Gasteiger partial charge on any atom is -0.496 e. The Morgan fingerprint density at radius 2 is 2.06 bits per heavy atom. The van der Waals surface area contributed by atoms with Gasteiger partial charge in [-0.15, -0.1) is 23.7 Å². The fourth-order valence-corrected chi connectivity index (χ4v) is 4.92. The van der Waals surface area contributed by atoms with Gasteiger partial charge in [0, 0.05) is 34.7 Å². The molecule has 0 atom stereocenters. The van der Waals surface area contributed by atoms with Crippen LogP contribution in [-0.2, 0) is 17.8 Å². The van der Waals surface area contributed by atoms with Gasteiger partial charge in [-0.3, -0.25) is 4.79 Å². The number of carbonyl (C=O) groups excluding carboxylic acids is 1. The molecule has 2 heterocycles. The van der Waals surface area contributed by atoms with Crippen molar-refractivity contribution in [2.45, 2.75) is 32.7 Å². The van der Waals surface area contributed by atoms with Gasteiger partial charge in [0.25, 0.3) is 0 Å². The average molecular weight is 476 g/mol. The van der Waals surface area contributed by atoms with Gasteiger partial charge < -0.3 is 19.1 Å². The minimum absolute atomic E-state index is 0.0922. The Morgan fingerprint density at radius 3 is 2.82 bits per heavy atom. The summed E-state index contributed by atoms with van der Waals surface area (Å²) in [6, 6.07) is 16.2. The van der Waals surface area contributed by atoms with Gasteiger partial charge in [0.05, 0.1) is 20.3 Å². The van der Waals surface area contributed by atoms with Gasteiger partial charge in [0.2, 0.25) is 5.91 Å². The van der Waals surface area contributed by atoms with Crippen molar-refractivity contribution >= 4 is 17.2 Å². The molecular formula is C28H29NO4S. The molecular weight excluding hydrogens is 446 g/mol. The molecule has 1 aliphatic heterocycles. The molecule has 6 heteroatoms. The molecule has 0 saturated heterocycles. The maximum absolute atomic E-state index is 13.2. The topological polar surface area (TPSA) is 48.0 Å². The number of hydrogen-bond acceptors (Lipinski definition) is 5. The Hall–Kier alpha value is -3.43. The van der Waals surface area contributed by atoms with Crippen molar-refractivity contribution in [1.29, 1.82) is 0 Å². The van der Waals surface area contributed by atoms with Gasteiger partial charge in [0.1, 0.15) is 12.4 Å². The lowest BCUT2D eigenvalue weighted by molar-refractivity contribution is -0.131. The Balaban J connectivity index is 1.56. The third kappa shape index (κ3) is 5.55. The molecule has 0 radical (unpaired) electrons. The van der Waals surface area contributed by atoms with Crippen LogP contribution in [0, 0.1) is 19.3 Å². The molecule has 0 unspecified atom stereocenters. The smallest absolute Gasteiger partial charge is 0.223 e. The lowest BCUT2D eigenvalue weighted by Gasteiger charge is -2.20. The highest BCUT2D eigenvalue weighted by atomic mass is 32.1. The summed E-state index contributed by atoms with van der Waals surface area (Å²) in [5, 5.41) is 0. The van der Waals surface area contributed by atoms with Gasteiger partial charge in [-0.05, 0) is 54.8 Å². The highest BCUT2D eigenvalue weighted by Crippen LogP contribution is 2.40. The van der Waals surface area contributed by atoms with Crippen LogP contribution in [0.25, 0.3) is 10.4 Å². The van der Waals surface area contributed by atoms with E-state index < -0.39 is 0 Å². The van der Waals surface area contributed by atoms with E-state index in [9.17, 15) is 4.79 Å². The molecule has 0 fully saturated rings. The van der Waals surface area contributed by atoms with Gasteiger partial charge >= 0.3 is 0 Å². The van der Waals surface area contributed by atoms with Gasteiger partial charge in [-0.1, -0.05) is 18.2 Å². The molecule has 2 aromatic carbocycles. The summed E-state index contributed by atoms with van der Waals surface area (Å²) in [5.74, 6) is 4.89. The second-order valence-corrected chi connectivity index (χ2v) is 9.44. The van der Waals surface area contributed by atoms with Crippen molar-refractivity contribution in [3.05, 3.63) is 64.5 Å². The zero-order valence-corrected chi connectivity index (χ0v) is 20.5. The van der Waals surface area contributed by atoms with Crippen LogP contribution >= 0.6 is 11.3 Å². The number of fused-ring (bicyclic) bond motifs is 1. The molecule has 0 saturated carbocycles. The number of carbonyl (C=O) groups is 1. The Kier molecular flexibility index (Phi) is 7.76. The number of rotatable bonds is 8. The summed E-state index contributed by atoms with van der Waals surface area (Å²) in [7, 11) is 1.65. The van der Waals surface area contributed by atoms with E-state index in [0.29, 0.717) is 57.1 Å². The second kappa shape index (κ2) is 11.1. The van der Waals surface area contributed by atoms with Crippen LogP contribution in [0.2, 0.25) is 0 Å². The first kappa shape index (κ1) is 23.7. The predicted molar refractivity (Wildman–Crippen MR) is 136 cm³/mol. The van der Waals surface area contributed by atoms with Crippen molar-refractivity contribution in [3.63, 3.8) is 0 Å². The van der Waals surface area contributed by atoms with E-state index in [1.165, 1.54) is 4.88 Å². The molecule has 0 spiro atoms. The van der Waals surface area contributed by atoms with Crippen molar-refractivity contribution in [2.75, 3.05) is 26.9 Å². The number of nitrogens with zero attached hydrogens (tertiary/aromatic N) is 1. The van der Waals surface area contributed by atoms with Gasteiger partial charge in [0.15, 0.2) is 11.5 Å². The van der Waals surface area contributed by atoms with E-state index in [-0.39, 0.29) is 5.91 Å². The Bertz CT molecular complexity index is 1190. The SMILES string of the molecule is C#CCCOc1cc(-c2ccc(C)s2)cc2c1OCCN(C(=O)CCc1ccccc1OC)C2. The molecule has 34 heavy (non-hydrogen) atoms. The van der Waals surface area contributed by atoms with Crippen molar-refractivity contribution < 1.29 is 19.0 Å². The fourth-order valence-electron chi connectivity index (χ4n) is 4.06. The molecule has 1 amide bonds. The maximum Gasteiger partial charge on any atom is 0.223 e. The molecule has 3 aromatic rings. The quantitative estimate of drug-likeness (QED) is 0.319. The number of thiophene rings is 1. The van der Waals surface area contributed by atoms with E-state index in [1.807, 2.05) is 35.2 Å². The molecule has 0 aliphatic carbocycles. The normalized spacial score (nSPS) is 12.8. The number of terminal acetylenes is 1. The third-order valence-electron chi connectivity index (χ3n) is 5.78. The number of para-hydroxylation sites is 1. The lowest BCUT2D eigenvalue weighted by Crippen LogP contribution is -2.32. The van der Waals surface area contributed by atoms with Crippen molar-refractivity contribution in [3.8, 4) is 40.0 Å². The Morgan fingerprint density at radius 1 is 1.21 bits per heavy atom. The van der Waals surface area contributed by atoms with Crippen LogP contribution in [0.1, 0.15) is 28.8 Å². The lowest BCUT2D eigenvalue weighted by atomic mass is 10.1. The first-order chi connectivity index (χ1) is 16.6. The number of ether oxygens (including phenoxy) is 3. The van der Waals surface area contributed by atoms with Crippen LogP contribution in [-0.4, -0.2) is 37.7 Å². The molecule has 5 nitrogen and oxygen atoms in total. The molecule has 1 aliphatic rings. The van der Waals surface area contributed by atoms with Gasteiger partial charge in [-0.2, -0.15) is 0 Å². The predicted octanol–water partition coefficient (Wildman–Crippen LogP) is 5.49. The molecule has 4 rings (SSSR count). The largest absolute Gasteiger partial charge is 0.496 e. The van der Waals surface area contributed by atoms with Crippen LogP contribution in [0.15, 0.2) is 48.5 Å². The van der Waals surface area contributed by atoms with Crippen LogP contribution < -0.4 is 14.2 Å². The fraction of sp³-hybridized carbons (Fsp3) is 0.321. The number of methoxy groups -OCH3 is 1. The van der Waals surface area contributed by atoms with Gasteiger partial charge in [-0.25, -0.2) is 0 Å². The second-order valence-electron chi connectivity index (χ2n) is 8.15. The van der Waals surface area contributed by atoms with E-state index in [2.05, 4.69) is 31.0 Å². The molecule has 1 aromatic heterocycles. The minimum atomic E-state index is 0.0922. The zero-order valence-electron chi connectivity index (χ0n) is 19.6. The summed E-state index contributed by atoms with van der Waals surface area (Å²) in [6.07, 6.45) is 6.96. The summed E-state index contributed by atoms with van der Waals surface area (Å²) >= 11 is 1.73. The molecule has 0 bridgehead atoms. The summed E-state index contributed by atoms with van der Waals surface area (Å²) in [4.78, 5) is 17.4. The number of amides is 1. The number of benzene rings is 2. The third-order valence-corrected chi connectivity index (χ3v) is 6.83. The van der Waals surface area contributed by atoms with Crippen molar-refractivity contribution in [2.24, 2.45) is 0 Å². The van der Waals surface area contributed by atoms with E-state index in [4.69, 9.17) is 20.6 Å². The first-order valence-electron chi connectivity index (χ1n) is 11.4. The van der Waals surface area contributed by atoms with Crippen LogP contribution in [0.3, 0.4) is 0 Å². The highest BCUT2D eigenvalue weighted by Gasteiger charge is 2.24. The monoisotopic (exact) mass is 475 g/mol. The number of aryl methyl sites for hydroxylation is 2. The van der Waals surface area contributed by atoms with Crippen LogP contribution in [0.4, 0.5) is 0 Å². The Labute approximate surface area is 205 Å². The summed E-state index contributed by atoms with van der Waals surface area (Å²) in [5.41, 5.74) is 3.03. The van der Waals surface area contributed by atoms with E-state index >= 15 is 0 Å². The van der Waals surface area contributed by atoms with E-state index in [0.717, 1.165) is 27.3 Å². The van der Waals surface area contributed by atoms with Crippen LogP contribution in [0.5, 0.6) is 17.2 Å². The average Bonchev–Trinajstić information content (AvgIpc) is 3.17.